The smallest absolute Gasteiger partial charge is 0.234 e. The molecule has 0 radical (unpaired) electrons. The van der Waals surface area contributed by atoms with Crippen LogP contribution in [0.4, 0.5) is 0 Å². The van der Waals surface area contributed by atoms with Crippen LogP contribution in [0.1, 0.15) is 51.8 Å². The molecule has 0 saturated heterocycles. The van der Waals surface area contributed by atoms with E-state index in [4.69, 9.17) is 0 Å². The van der Waals surface area contributed by atoms with E-state index in [1.165, 1.54) is 43.6 Å². The van der Waals surface area contributed by atoms with E-state index in [1.54, 1.807) is 0 Å². The van der Waals surface area contributed by atoms with E-state index < -0.39 is 0 Å². The van der Waals surface area contributed by atoms with Crippen LogP contribution in [0, 0.1) is 0 Å². The second kappa shape index (κ2) is 7.88. The molecule has 0 aliphatic rings. The van der Waals surface area contributed by atoms with Gasteiger partial charge in [-0.25, -0.2) is 4.57 Å². The molecule has 0 bridgehead atoms. The van der Waals surface area contributed by atoms with Gasteiger partial charge in [-0.2, -0.15) is 4.57 Å². The molecule has 1 aromatic heterocycles. The topological polar surface area (TPSA) is 8.81 Å². The summed E-state index contributed by atoms with van der Waals surface area (Å²) in [6.07, 6.45) is 12.0. The molecule has 2 aromatic rings. The van der Waals surface area contributed by atoms with E-state index in [0.29, 0.717) is 0 Å². The van der Waals surface area contributed by atoms with E-state index in [1.807, 2.05) is 0 Å². The lowest BCUT2D eigenvalue weighted by atomic mass is 10.2. The number of nitrogens with zero attached hydrogens (tertiary/aromatic N) is 2. The maximum atomic E-state index is 2.44. The van der Waals surface area contributed by atoms with Crippen molar-refractivity contribution in [2.24, 2.45) is 0 Å². The molecule has 1 heterocycles. The first kappa shape index (κ1) is 14.8. The van der Waals surface area contributed by atoms with E-state index in [0.717, 1.165) is 13.0 Å². The number of benzene rings is 1. The summed E-state index contributed by atoms with van der Waals surface area (Å²) in [5.74, 6) is 1.44. The van der Waals surface area contributed by atoms with Gasteiger partial charge in [0.05, 0.1) is 6.54 Å². The highest BCUT2D eigenvalue weighted by molar-refractivity contribution is 5.31. The maximum Gasteiger partial charge on any atom is 0.261 e. The highest BCUT2D eigenvalue weighted by atomic mass is 15.1. The van der Waals surface area contributed by atoms with Crippen molar-refractivity contribution in [3.05, 3.63) is 48.5 Å². The Morgan fingerprint density at radius 1 is 0.950 bits per heavy atom. The van der Waals surface area contributed by atoms with Crippen molar-refractivity contribution >= 4 is 0 Å². The van der Waals surface area contributed by atoms with Gasteiger partial charge in [0.15, 0.2) is 0 Å². The molecule has 0 fully saturated rings. The third-order valence-electron chi connectivity index (χ3n) is 3.80. The molecule has 0 amide bonds. The Hall–Kier alpha value is -1.57. The number of para-hydroxylation sites is 1. The summed E-state index contributed by atoms with van der Waals surface area (Å²) in [5.41, 5.74) is 1.27. The molecule has 0 saturated carbocycles. The van der Waals surface area contributed by atoms with Crippen molar-refractivity contribution in [2.45, 2.75) is 58.9 Å². The van der Waals surface area contributed by atoms with Gasteiger partial charge in [0, 0.05) is 6.42 Å². The van der Waals surface area contributed by atoms with Crippen molar-refractivity contribution in [1.82, 2.24) is 4.57 Å². The molecule has 0 spiro atoms. The minimum Gasteiger partial charge on any atom is -0.234 e. The Bertz CT molecular complexity index is 499. The number of aromatic nitrogens is 2. The van der Waals surface area contributed by atoms with Crippen molar-refractivity contribution in [1.29, 1.82) is 0 Å². The molecule has 108 valence electrons. The Kier molecular flexibility index (Phi) is 5.85. The number of aryl methyl sites for hydroxylation is 1. The summed E-state index contributed by atoms with van der Waals surface area (Å²) < 4.78 is 4.79. The Morgan fingerprint density at radius 3 is 2.40 bits per heavy atom. The van der Waals surface area contributed by atoms with Crippen LogP contribution in [-0.4, -0.2) is 4.57 Å². The normalized spacial score (nSPS) is 10.9. The van der Waals surface area contributed by atoms with Gasteiger partial charge in [0.2, 0.25) is 0 Å². The number of hydrogen-bond acceptors (Lipinski definition) is 0. The lowest BCUT2D eigenvalue weighted by Crippen LogP contribution is -2.37. The van der Waals surface area contributed by atoms with Gasteiger partial charge in [-0.05, 0) is 31.4 Å². The predicted molar refractivity (Wildman–Crippen MR) is 84.1 cm³/mol. The monoisotopic (exact) mass is 271 g/mol. The fraction of sp³-hybridized carbons (Fsp3) is 0.500. The summed E-state index contributed by atoms with van der Waals surface area (Å²) >= 11 is 0. The summed E-state index contributed by atoms with van der Waals surface area (Å²) in [6, 6.07) is 10.7. The van der Waals surface area contributed by atoms with Crippen molar-refractivity contribution in [2.75, 3.05) is 0 Å². The predicted octanol–water partition coefficient (Wildman–Crippen LogP) is 4.30. The van der Waals surface area contributed by atoms with Crippen LogP contribution in [0.5, 0.6) is 0 Å². The van der Waals surface area contributed by atoms with Crippen LogP contribution in [0.15, 0.2) is 42.7 Å². The number of hydrogen-bond donors (Lipinski definition) is 0. The van der Waals surface area contributed by atoms with Crippen LogP contribution in [0.25, 0.3) is 5.69 Å². The third-order valence-corrected chi connectivity index (χ3v) is 3.80. The average molecular weight is 271 g/mol. The number of imidazole rings is 1. The molecule has 0 atom stereocenters. The van der Waals surface area contributed by atoms with Gasteiger partial charge in [-0.3, -0.25) is 0 Å². The zero-order valence-electron chi connectivity index (χ0n) is 12.9. The van der Waals surface area contributed by atoms with E-state index in [-0.39, 0.29) is 0 Å². The first-order valence-corrected chi connectivity index (χ1v) is 8.02. The van der Waals surface area contributed by atoms with Crippen LogP contribution >= 0.6 is 0 Å². The van der Waals surface area contributed by atoms with Crippen LogP contribution < -0.4 is 4.57 Å². The largest absolute Gasteiger partial charge is 0.261 e. The highest BCUT2D eigenvalue weighted by Crippen LogP contribution is 2.11. The average Bonchev–Trinajstić information content (AvgIpc) is 2.89. The summed E-state index contributed by atoms with van der Waals surface area (Å²) in [5, 5.41) is 0. The number of unbranched alkanes of at least 4 members (excludes halogenated alkanes) is 3. The third kappa shape index (κ3) is 3.72. The molecule has 2 nitrogen and oxygen atoms in total. The Labute approximate surface area is 123 Å². The van der Waals surface area contributed by atoms with Gasteiger partial charge < -0.3 is 0 Å². The van der Waals surface area contributed by atoms with Crippen LogP contribution in [0.3, 0.4) is 0 Å². The molecule has 2 rings (SSSR count). The minimum absolute atomic E-state index is 1.15. The summed E-state index contributed by atoms with van der Waals surface area (Å²) in [4.78, 5) is 0. The fourth-order valence-electron chi connectivity index (χ4n) is 2.62. The first-order valence-electron chi connectivity index (χ1n) is 8.02. The van der Waals surface area contributed by atoms with Gasteiger partial charge >= 0.3 is 0 Å². The van der Waals surface area contributed by atoms with Gasteiger partial charge in [0.1, 0.15) is 18.1 Å². The number of rotatable bonds is 8. The zero-order chi connectivity index (χ0) is 14.2. The van der Waals surface area contributed by atoms with E-state index >= 15 is 0 Å². The molecule has 0 aliphatic heterocycles. The maximum absolute atomic E-state index is 2.44. The lowest BCUT2D eigenvalue weighted by Gasteiger charge is -2.04. The van der Waals surface area contributed by atoms with Crippen molar-refractivity contribution < 1.29 is 4.57 Å². The van der Waals surface area contributed by atoms with Gasteiger partial charge in [-0.1, -0.05) is 44.9 Å². The van der Waals surface area contributed by atoms with Crippen LogP contribution in [0.2, 0.25) is 0 Å². The fourth-order valence-corrected chi connectivity index (χ4v) is 2.62. The molecule has 2 heteroatoms. The molecule has 1 aromatic carbocycles. The summed E-state index contributed by atoms with van der Waals surface area (Å²) in [7, 11) is 0. The lowest BCUT2D eigenvalue weighted by molar-refractivity contribution is -0.704. The van der Waals surface area contributed by atoms with E-state index in [9.17, 15) is 0 Å². The molecular formula is C18H27N2+. The molecular weight excluding hydrogens is 244 g/mol. The standard InChI is InChI=1S/C18H27N2/c1-3-5-10-14-19-15-16-20(18(19)13-6-4-2)17-11-8-7-9-12-17/h7-9,11-12,15-16H,3-6,10,13-14H2,1-2H3/q+1. The van der Waals surface area contributed by atoms with Crippen LogP contribution in [-0.2, 0) is 13.0 Å². The summed E-state index contributed by atoms with van der Waals surface area (Å²) in [6.45, 7) is 5.67. The van der Waals surface area contributed by atoms with Gasteiger partial charge in [-0.15, -0.1) is 0 Å². The molecule has 20 heavy (non-hydrogen) atoms. The zero-order valence-corrected chi connectivity index (χ0v) is 12.9. The molecule has 0 aliphatic carbocycles. The van der Waals surface area contributed by atoms with E-state index in [2.05, 4.69) is 65.7 Å². The quantitative estimate of drug-likeness (QED) is 0.500. The second-order valence-corrected chi connectivity index (χ2v) is 5.42. The van der Waals surface area contributed by atoms with Crippen molar-refractivity contribution in [3.63, 3.8) is 0 Å². The SMILES string of the molecule is CCCCC[n+]1ccn(-c2ccccc2)c1CCCC. The molecule has 0 N–H and O–H groups in total. The van der Waals surface area contributed by atoms with Gasteiger partial charge in [0.25, 0.3) is 5.82 Å². The minimum atomic E-state index is 1.15. The second-order valence-electron chi connectivity index (χ2n) is 5.42. The Balaban J connectivity index is 2.22. The molecule has 0 unspecified atom stereocenters. The first-order chi connectivity index (χ1) is 9.86. The highest BCUT2D eigenvalue weighted by Gasteiger charge is 2.17. The Morgan fingerprint density at radius 2 is 1.70 bits per heavy atom. The van der Waals surface area contributed by atoms with Crippen molar-refractivity contribution in [3.8, 4) is 5.69 Å².